The Bertz CT molecular complexity index is 754. The lowest BCUT2D eigenvalue weighted by molar-refractivity contribution is 0.0735. The summed E-state index contributed by atoms with van der Waals surface area (Å²) in [5, 5.41) is 3.23. The Labute approximate surface area is 154 Å². The van der Waals surface area contributed by atoms with Gasteiger partial charge in [0.25, 0.3) is 5.91 Å². The molecule has 0 aromatic heterocycles. The van der Waals surface area contributed by atoms with Crippen LogP contribution in [0.3, 0.4) is 0 Å². The summed E-state index contributed by atoms with van der Waals surface area (Å²) in [5.74, 6) is -0.121. The Morgan fingerprint density at radius 1 is 1.12 bits per heavy atom. The summed E-state index contributed by atoms with van der Waals surface area (Å²) >= 11 is 0. The zero-order chi connectivity index (χ0) is 18.7. The summed E-state index contributed by atoms with van der Waals surface area (Å²) in [7, 11) is -0.626. The van der Waals surface area contributed by atoms with Crippen molar-refractivity contribution in [2.75, 3.05) is 71.5 Å². The fraction of sp³-hybridized carbons (Fsp3) is 0.588. The van der Waals surface area contributed by atoms with Gasteiger partial charge in [-0.1, -0.05) is 0 Å². The quantitative estimate of drug-likeness (QED) is 0.778. The molecule has 0 unspecified atom stereocenters. The number of amides is 1. The molecule has 9 heteroatoms. The van der Waals surface area contributed by atoms with Crippen molar-refractivity contribution in [3.63, 3.8) is 0 Å². The summed E-state index contributed by atoms with van der Waals surface area (Å²) in [6.45, 7) is 5.28. The van der Waals surface area contributed by atoms with E-state index in [0.29, 0.717) is 45.0 Å². The molecule has 1 amide bonds. The molecule has 1 aromatic carbocycles. The third kappa shape index (κ3) is 3.85. The lowest BCUT2D eigenvalue weighted by Crippen LogP contribution is -2.47. The van der Waals surface area contributed by atoms with Crippen molar-refractivity contribution in [3.05, 3.63) is 23.8 Å². The summed E-state index contributed by atoms with van der Waals surface area (Å²) in [4.78, 5) is 17.1. The smallest absolute Gasteiger partial charge is 0.256 e. The highest BCUT2D eigenvalue weighted by atomic mass is 32.2. The number of rotatable bonds is 4. The van der Waals surface area contributed by atoms with Crippen LogP contribution in [0, 0.1) is 0 Å². The maximum Gasteiger partial charge on any atom is 0.256 e. The topological polar surface area (TPSA) is 82.2 Å². The van der Waals surface area contributed by atoms with Crippen LogP contribution >= 0.6 is 0 Å². The summed E-state index contributed by atoms with van der Waals surface area (Å²) in [5.41, 5.74) is 1.21. The zero-order valence-electron chi connectivity index (χ0n) is 15.3. The fourth-order valence-corrected chi connectivity index (χ4v) is 4.10. The van der Waals surface area contributed by atoms with Gasteiger partial charge in [-0.25, -0.2) is 12.7 Å². The highest BCUT2D eigenvalue weighted by Gasteiger charge is 2.27. The van der Waals surface area contributed by atoms with Crippen LogP contribution in [0.5, 0.6) is 0 Å². The Hall–Kier alpha value is -1.68. The summed E-state index contributed by atoms with van der Waals surface area (Å²) in [6, 6.07) is 4.84. The van der Waals surface area contributed by atoms with Crippen molar-refractivity contribution in [1.82, 2.24) is 14.5 Å². The van der Waals surface area contributed by atoms with E-state index >= 15 is 0 Å². The molecular weight excluding hydrogens is 356 g/mol. The van der Waals surface area contributed by atoms with Crippen LogP contribution < -0.4 is 10.2 Å². The number of piperazine rings is 1. The Morgan fingerprint density at radius 2 is 1.77 bits per heavy atom. The minimum atomic E-state index is -3.60. The van der Waals surface area contributed by atoms with Crippen molar-refractivity contribution >= 4 is 21.6 Å². The molecular formula is C17H26N4O4S. The van der Waals surface area contributed by atoms with E-state index in [1.54, 1.807) is 17.0 Å². The van der Waals surface area contributed by atoms with Crippen LogP contribution in [-0.2, 0) is 14.8 Å². The molecule has 0 aliphatic carbocycles. The maximum atomic E-state index is 13.1. The molecule has 2 fully saturated rings. The van der Waals surface area contributed by atoms with Crippen LogP contribution in [0.1, 0.15) is 10.4 Å². The maximum absolute atomic E-state index is 13.1. The average molecular weight is 382 g/mol. The molecule has 0 bridgehead atoms. The van der Waals surface area contributed by atoms with Crippen molar-refractivity contribution in [2.45, 2.75) is 4.90 Å². The monoisotopic (exact) mass is 382 g/mol. The summed E-state index contributed by atoms with van der Waals surface area (Å²) in [6.07, 6.45) is 0. The molecule has 2 aliphatic heterocycles. The lowest BCUT2D eigenvalue weighted by Gasteiger charge is -2.33. The Morgan fingerprint density at radius 3 is 2.38 bits per heavy atom. The number of nitrogens with one attached hydrogen (secondary N) is 1. The first-order valence-electron chi connectivity index (χ1n) is 8.80. The number of ether oxygens (including phenoxy) is 1. The fourth-order valence-electron chi connectivity index (χ4n) is 3.18. The highest BCUT2D eigenvalue weighted by molar-refractivity contribution is 7.89. The third-order valence-electron chi connectivity index (χ3n) is 4.73. The van der Waals surface area contributed by atoms with Crippen LogP contribution in [-0.4, -0.2) is 90.1 Å². The van der Waals surface area contributed by atoms with Gasteiger partial charge in [0.15, 0.2) is 0 Å². The second-order valence-electron chi connectivity index (χ2n) is 6.61. The SMILES string of the molecule is CN(C)S(=O)(=O)c1ccc(N2CCOCC2)c(C(=O)N2CCNCC2)c1. The van der Waals surface area contributed by atoms with Gasteiger partial charge in [-0.05, 0) is 18.2 Å². The van der Waals surface area contributed by atoms with Crippen LogP contribution in [0.15, 0.2) is 23.1 Å². The first kappa shape index (κ1) is 19.1. The van der Waals surface area contributed by atoms with Crippen LogP contribution in [0.25, 0.3) is 0 Å². The molecule has 0 spiro atoms. The minimum absolute atomic E-state index is 0.121. The van der Waals surface area contributed by atoms with Gasteiger partial charge >= 0.3 is 0 Å². The number of sulfonamides is 1. The van der Waals surface area contributed by atoms with Gasteiger partial charge in [0.2, 0.25) is 10.0 Å². The van der Waals surface area contributed by atoms with Gasteiger partial charge < -0.3 is 19.9 Å². The van der Waals surface area contributed by atoms with E-state index in [1.807, 2.05) is 0 Å². The van der Waals surface area contributed by atoms with E-state index in [1.165, 1.54) is 20.2 Å². The van der Waals surface area contributed by atoms with E-state index in [2.05, 4.69) is 10.2 Å². The molecule has 0 saturated carbocycles. The molecule has 0 atom stereocenters. The van der Waals surface area contributed by atoms with Gasteiger partial charge in [-0.15, -0.1) is 0 Å². The van der Waals surface area contributed by atoms with E-state index < -0.39 is 10.0 Å². The third-order valence-corrected chi connectivity index (χ3v) is 6.54. The predicted octanol–water partition coefficient (Wildman–Crippen LogP) is -0.181. The normalized spacial score (nSPS) is 19.0. The van der Waals surface area contributed by atoms with Gasteiger partial charge in [0.05, 0.1) is 23.7 Å². The number of hydrogen-bond donors (Lipinski definition) is 1. The summed E-state index contributed by atoms with van der Waals surface area (Å²) < 4.78 is 31.6. The standard InChI is InChI=1S/C17H26N4O4S/c1-19(2)26(23,24)14-3-4-16(20-9-11-25-12-10-20)15(13-14)17(22)21-7-5-18-6-8-21/h3-4,13,18H,5-12H2,1-2H3. The first-order chi connectivity index (χ1) is 12.4. The number of nitrogens with zero attached hydrogens (tertiary/aromatic N) is 3. The van der Waals surface area contributed by atoms with E-state index in [9.17, 15) is 13.2 Å². The van der Waals surface area contributed by atoms with Gasteiger partial charge in [0, 0.05) is 59.1 Å². The molecule has 2 aliphatic rings. The van der Waals surface area contributed by atoms with Gasteiger partial charge in [0.1, 0.15) is 0 Å². The molecule has 144 valence electrons. The number of benzene rings is 1. The molecule has 3 rings (SSSR count). The van der Waals surface area contributed by atoms with Gasteiger partial charge in [-0.2, -0.15) is 0 Å². The van der Waals surface area contributed by atoms with E-state index in [0.717, 1.165) is 23.1 Å². The van der Waals surface area contributed by atoms with Crippen LogP contribution in [0.2, 0.25) is 0 Å². The van der Waals surface area contributed by atoms with Gasteiger partial charge in [-0.3, -0.25) is 4.79 Å². The minimum Gasteiger partial charge on any atom is -0.378 e. The highest BCUT2D eigenvalue weighted by Crippen LogP contribution is 2.27. The largest absolute Gasteiger partial charge is 0.378 e. The van der Waals surface area contributed by atoms with Crippen LogP contribution in [0.4, 0.5) is 5.69 Å². The number of anilines is 1. The molecule has 1 aromatic rings. The number of hydrogen-bond acceptors (Lipinski definition) is 6. The van der Waals surface area contributed by atoms with Crippen molar-refractivity contribution in [1.29, 1.82) is 0 Å². The van der Waals surface area contributed by atoms with Crippen molar-refractivity contribution in [2.24, 2.45) is 0 Å². The molecule has 26 heavy (non-hydrogen) atoms. The zero-order valence-corrected chi connectivity index (χ0v) is 16.1. The lowest BCUT2D eigenvalue weighted by atomic mass is 10.1. The Balaban J connectivity index is 2.02. The molecule has 1 N–H and O–H groups in total. The number of morpholine rings is 1. The molecule has 8 nitrogen and oxygen atoms in total. The average Bonchev–Trinajstić information content (AvgIpc) is 2.68. The second kappa shape index (κ2) is 7.91. The number of carbonyl (C=O) groups excluding carboxylic acids is 1. The van der Waals surface area contributed by atoms with E-state index in [4.69, 9.17) is 4.74 Å². The number of carbonyl (C=O) groups is 1. The Kier molecular flexibility index (Phi) is 5.81. The second-order valence-corrected chi connectivity index (χ2v) is 8.76. The van der Waals surface area contributed by atoms with Crippen molar-refractivity contribution < 1.29 is 17.9 Å². The van der Waals surface area contributed by atoms with E-state index in [-0.39, 0.29) is 10.8 Å². The molecule has 2 heterocycles. The molecule has 2 saturated heterocycles. The van der Waals surface area contributed by atoms with Crippen molar-refractivity contribution in [3.8, 4) is 0 Å². The predicted molar refractivity (Wildman–Crippen MR) is 99.1 cm³/mol. The first-order valence-corrected chi connectivity index (χ1v) is 10.2. The molecule has 0 radical (unpaired) electrons.